The Morgan fingerprint density at radius 2 is 1.05 bits per heavy atom. The second-order valence-corrected chi connectivity index (χ2v) is 11.1. The maximum absolute atomic E-state index is 9.75. The first-order valence-electron chi connectivity index (χ1n) is 14.0. The van der Waals surface area contributed by atoms with Crippen molar-refractivity contribution in [3.63, 3.8) is 0 Å². The second-order valence-electron chi connectivity index (χ2n) is 11.1. The normalized spacial score (nSPS) is 13.8. The van der Waals surface area contributed by atoms with Crippen LogP contribution in [0.1, 0.15) is 22.3 Å². The van der Waals surface area contributed by atoms with Gasteiger partial charge in [0.05, 0.1) is 16.4 Å². The summed E-state index contributed by atoms with van der Waals surface area (Å²) >= 11 is 0. The molecule has 0 saturated carbocycles. The van der Waals surface area contributed by atoms with E-state index in [1.54, 1.807) is 12.1 Å². The molecule has 0 radical (unpaired) electrons. The van der Waals surface area contributed by atoms with Crippen LogP contribution in [0.2, 0.25) is 0 Å². The third-order valence-electron chi connectivity index (χ3n) is 9.24. The van der Waals surface area contributed by atoms with Gasteiger partial charge in [-0.1, -0.05) is 115 Å². The van der Waals surface area contributed by atoms with Crippen molar-refractivity contribution in [3.8, 4) is 27.9 Å². The lowest BCUT2D eigenvalue weighted by atomic mass is 9.70. The molecule has 7 aromatic rings. The molecule has 2 N–H and O–H groups in total. The number of para-hydroxylation sites is 1. The molecule has 0 fully saturated rings. The van der Waals surface area contributed by atoms with E-state index in [0.717, 1.165) is 11.2 Å². The van der Waals surface area contributed by atoms with E-state index in [4.69, 9.17) is 0 Å². The minimum Gasteiger partial charge on any atom is -0.423 e. The van der Waals surface area contributed by atoms with Crippen LogP contribution >= 0.6 is 0 Å². The van der Waals surface area contributed by atoms with Crippen molar-refractivity contribution in [2.75, 3.05) is 0 Å². The van der Waals surface area contributed by atoms with Gasteiger partial charge in [0.25, 0.3) is 0 Å². The number of nitrogens with zero attached hydrogens (tertiary/aromatic N) is 1. The first-order valence-corrected chi connectivity index (χ1v) is 14.0. The summed E-state index contributed by atoms with van der Waals surface area (Å²) in [6.45, 7) is 0. The Morgan fingerprint density at radius 1 is 0.488 bits per heavy atom. The maximum atomic E-state index is 9.75. The summed E-state index contributed by atoms with van der Waals surface area (Å²) in [7, 11) is -1.50. The molecule has 9 rings (SSSR count). The molecule has 192 valence electrons. The molecule has 0 saturated heterocycles. The summed E-state index contributed by atoms with van der Waals surface area (Å²) in [5.74, 6) is 0. The molecule has 0 unspecified atom stereocenters. The molecule has 4 heteroatoms. The Bertz CT molecular complexity index is 2150. The molecule has 3 nitrogen and oxygen atoms in total. The van der Waals surface area contributed by atoms with Gasteiger partial charge in [-0.2, -0.15) is 0 Å². The van der Waals surface area contributed by atoms with Gasteiger partial charge in [-0.05, 0) is 62.6 Å². The van der Waals surface area contributed by atoms with Crippen LogP contribution in [0, 0.1) is 0 Å². The van der Waals surface area contributed by atoms with Gasteiger partial charge in [0.2, 0.25) is 0 Å². The predicted molar refractivity (Wildman–Crippen MR) is 167 cm³/mol. The molecule has 0 aliphatic heterocycles. The lowest BCUT2D eigenvalue weighted by Crippen LogP contribution is -2.29. The topological polar surface area (TPSA) is 45.4 Å². The van der Waals surface area contributed by atoms with Crippen LogP contribution < -0.4 is 5.46 Å². The zero-order chi connectivity index (χ0) is 27.3. The summed E-state index contributed by atoms with van der Waals surface area (Å²) in [5, 5.41) is 21.9. The summed E-state index contributed by atoms with van der Waals surface area (Å²) in [6, 6.07) is 47.4. The highest BCUT2D eigenvalue weighted by atomic mass is 16.4. The van der Waals surface area contributed by atoms with Gasteiger partial charge in [0.1, 0.15) is 0 Å². The van der Waals surface area contributed by atoms with Crippen LogP contribution in [0.3, 0.4) is 0 Å². The molecular weight excluding hydrogens is 501 g/mol. The minimum absolute atomic E-state index is 0.403. The first kappa shape index (κ1) is 22.9. The van der Waals surface area contributed by atoms with Crippen LogP contribution in [-0.2, 0) is 5.41 Å². The van der Waals surface area contributed by atoms with Gasteiger partial charge in [0.15, 0.2) is 0 Å². The Morgan fingerprint density at radius 3 is 1.71 bits per heavy atom. The van der Waals surface area contributed by atoms with Gasteiger partial charge in [-0.3, -0.25) is 0 Å². The average molecular weight is 525 g/mol. The first-order chi connectivity index (χ1) is 20.2. The fourth-order valence-electron chi connectivity index (χ4n) is 7.70. The maximum Gasteiger partial charge on any atom is 0.488 e. The van der Waals surface area contributed by atoms with Crippen LogP contribution in [0.15, 0.2) is 133 Å². The van der Waals surface area contributed by atoms with Crippen LogP contribution in [0.5, 0.6) is 0 Å². The Kier molecular flexibility index (Phi) is 4.51. The lowest BCUT2D eigenvalue weighted by molar-refractivity contribution is 0.426. The van der Waals surface area contributed by atoms with E-state index in [1.165, 1.54) is 60.8 Å². The summed E-state index contributed by atoms with van der Waals surface area (Å²) < 4.78 is 2.35. The summed E-state index contributed by atoms with van der Waals surface area (Å²) in [4.78, 5) is 0. The Balaban J connectivity index is 1.48. The van der Waals surface area contributed by atoms with E-state index in [1.807, 2.05) is 12.1 Å². The Labute approximate surface area is 237 Å². The fraction of sp³-hybridized carbons (Fsp3) is 0.0270. The van der Waals surface area contributed by atoms with E-state index in [2.05, 4.69) is 114 Å². The molecule has 1 spiro atoms. The highest BCUT2D eigenvalue weighted by Gasteiger charge is 2.52. The van der Waals surface area contributed by atoms with Gasteiger partial charge < -0.3 is 14.6 Å². The average Bonchev–Trinajstić information content (AvgIpc) is 3.63. The number of hydrogen-bond acceptors (Lipinski definition) is 2. The summed E-state index contributed by atoms with van der Waals surface area (Å²) in [5.41, 5.74) is 13.7. The summed E-state index contributed by atoms with van der Waals surface area (Å²) in [6.07, 6.45) is 0. The van der Waals surface area contributed by atoms with Crippen molar-refractivity contribution in [1.82, 2.24) is 4.57 Å². The molecule has 2 aliphatic rings. The highest BCUT2D eigenvalue weighted by Crippen LogP contribution is 2.64. The molecular formula is C37H24BNO2. The molecule has 2 aliphatic carbocycles. The smallest absolute Gasteiger partial charge is 0.423 e. The van der Waals surface area contributed by atoms with Crippen LogP contribution in [-0.4, -0.2) is 21.7 Å². The van der Waals surface area contributed by atoms with E-state index < -0.39 is 12.5 Å². The van der Waals surface area contributed by atoms with Crippen molar-refractivity contribution in [1.29, 1.82) is 0 Å². The van der Waals surface area contributed by atoms with E-state index in [-0.39, 0.29) is 0 Å². The third kappa shape index (κ3) is 2.76. The van der Waals surface area contributed by atoms with Crippen LogP contribution in [0.25, 0.3) is 49.7 Å². The largest absolute Gasteiger partial charge is 0.488 e. The molecule has 1 aromatic heterocycles. The van der Waals surface area contributed by atoms with Crippen molar-refractivity contribution in [2.24, 2.45) is 0 Å². The molecule has 1 heterocycles. The molecule has 41 heavy (non-hydrogen) atoms. The number of aromatic nitrogens is 1. The zero-order valence-electron chi connectivity index (χ0n) is 22.1. The molecule has 6 aromatic carbocycles. The van der Waals surface area contributed by atoms with E-state index >= 15 is 0 Å². The minimum atomic E-state index is -1.50. The number of rotatable bonds is 2. The van der Waals surface area contributed by atoms with Crippen molar-refractivity contribution < 1.29 is 10.0 Å². The standard InChI is InChI=1S/C37H24BNO2/c40-38(41)23-17-19-24(20-18-23)39-34-16-8-4-11-27(34)28-21-22-33-35(36(28)39)29-12-3-7-15-32(29)37(33)30-13-5-1-9-25(30)26-10-2-6-14-31(26)37/h1-22,40-41H. The predicted octanol–water partition coefficient (Wildman–Crippen LogP) is 6.81. The lowest BCUT2D eigenvalue weighted by Gasteiger charge is -2.30. The fourth-order valence-corrected chi connectivity index (χ4v) is 7.70. The van der Waals surface area contributed by atoms with Gasteiger partial charge in [-0.15, -0.1) is 0 Å². The monoisotopic (exact) mass is 525 g/mol. The molecule has 0 atom stereocenters. The number of benzene rings is 6. The van der Waals surface area contributed by atoms with Crippen LogP contribution in [0.4, 0.5) is 0 Å². The number of hydrogen-bond donors (Lipinski definition) is 2. The molecule has 0 bridgehead atoms. The SMILES string of the molecule is OB(O)c1ccc(-n2c3ccccc3c3ccc4c(c32)-c2ccccc2C42c3ccccc3-c3ccccc32)cc1. The second kappa shape index (κ2) is 8.08. The zero-order valence-corrected chi connectivity index (χ0v) is 22.1. The molecule has 0 amide bonds. The van der Waals surface area contributed by atoms with Crippen molar-refractivity contribution >= 4 is 34.4 Å². The highest BCUT2D eigenvalue weighted by molar-refractivity contribution is 6.58. The number of fused-ring (bicyclic) bond motifs is 14. The quantitative estimate of drug-likeness (QED) is 0.244. The van der Waals surface area contributed by atoms with Crippen molar-refractivity contribution in [2.45, 2.75) is 5.41 Å². The van der Waals surface area contributed by atoms with Gasteiger partial charge in [-0.25, -0.2) is 0 Å². The van der Waals surface area contributed by atoms with Crippen molar-refractivity contribution in [3.05, 3.63) is 156 Å². The van der Waals surface area contributed by atoms with Gasteiger partial charge >= 0.3 is 7.12 Å². The third-order valence-corrected chi connectivity index (χ3v) is 9.24. The van der Waals surface area contributed by atoms with Gasteiger partial charge in [0, 0.05) is 22.0 Å². The van der Waals surface area contributed by atoms with E-state index in [9.17, 15) is 10.0 Å². The van der Waals surface area contributed by atoms with E-state index in [0.29, 0.717) is 5.46 Å². The Hall–Kier alpha value is -4.90.